The molecule has 0 bridgehead atoms. The Hall–Kier alpha value is -3.26. The van der Waals surface area contributed by atoms with Crippen LogP contribution < -0.4 is 4.73 Å². The van der Waals surface area contributed by atoms with Gasteiger partial charge >= 0.3 is 5.97 Å². The predicted octanol–water partition coefficient (Wildman–Crippen LogP) is 2.45. The number of rotatable bonds is 1. The van der Waals surface area contributed by atoms with Gasteiger partial charge in [0.2, 0.25) is 0 Å². The third kappa shape index (κ3) is 4.62. The molecular formula is C16H16N4O4. The van der Waals surface area contributed by atoms with E-state index in [1.54, 1.807) is 24.6 Å². The monoisotopic (exact) mass is 328 g/mol. The highest BCUT2D eigenvalue weighted by molar-refractivity contribution is 5.88. The molecule has 0 spiro atoms. The van der Waals surface area contributed by atoms with E-state index in [1.807, 2.05) is 13.0 Å². The Balaban J connectivity index is 0.000000177. The van der Waals surface area contributed by atoms with E-state index in [2.05, 4.69) is 15.0 Å². The molecule has 1 N–H and O–H groups in total. The van der Waals surface area contributed by atoms with Gasteiger partial charge in [0.25, 0.3) is 0 Å². The number of pyridine rings is 1. The van der Waals surface area contributed by atoms with Gasteiger partial charge in [-0.3, -0.25) is 5.21 Å². The Labute approximate surface area is 138 Å². The molecule has 0 amide bonds. The van der Waals surface area contributed by atoms with Crippen LogP contribution in [0.1, 0.15) is 17.3 Å². The molecule has 0 atom stereocenters. The number of esters is 1. The molecule has 2 aliphatic heterocycles. The molecule has 0 saturated carbocycles. The summed E-state index contributed by atoms with van der Waals surface area (Å²) < 4.78 is 5.03. The quantitative estimate of drug-likeness (QED) is 0.485. The number of azo groups is 1. The smallest absolute Gasteiger partial charge is 0.338 e. The van der Waals surface area contributed by atoms with Gasteiger partial charge in [-0.05, 0) is 25.2 Å². The van der Waals surface area contributed by atoms with Crippen LogP contribution >= 0.6 is 0 Å². The summed E-state index contributed by atoms with van der Waals surface area (Å²) in [5.41, 5.74) is 3.05. The van der Waals surface area contributed by atoms with Gasteiger partial charge in [0.15, 0.2) is 12.4 Å². The maximum Gasteiger partial charge on any atom is 0.338 e. The molecule has 0 saturated heterocycles. The third-order valence-electron chi connectivity index (χ3n) is 2.99. The van der Waals surface area contributed by atoms with E-state index >= 15 is 0 Å². The molecule has 0 aliphatic carbocycles. The number of hydrogen-bond acceptors (Lipinski definition) is 7. The van der Waals surface area contributed by atoms with Crippen molar-refractivity contribution in [1.29, 1.82) is 0 Å². The second-order valence-corrected chi connectivity index (χ2v) is 4.78. The van der Waals surface area contributed by atoms with Gasteiger partial charge < -0.3 is 9.94 Å². The molecular weight excluding hydrogens is 312 g/mol. The van der Waals surface area contributed by atoms with Crippen LogP contribution in [0.2, 0.25) is 0 Å². The van der Waals surface area contributed by atoms with Crippen LogP contribution in [-0.2, 0) is 4.74 Å². The lowest BCUT2D eigenvalue weighted by Crippen LogP contribution is -2.24. The van der Waals surface area contributed by atoms with Gasteiger partial charge in [-0.25, -0.2) is 9.86 Å². The van der Waals surface area contributed by atoms with Crippen LogP contribution in [0.3, 0.4) is 0 Å². The Morgan fingerprint density at radius 3 is 2.38 bits per heavy atom. The lowest BCUT2D eigenvalue weighted by Gasteiger charge is -2.09. The van der Waals surface area contributed by atoms with Crippen molar-refractivity contribution in [1.82, 2.24) is 5.06 Å². The van der Waals surface area contributed by atoms with E-state index in [4.69, 9.17) is 5.21 Å². The van der Waals surface area contributed by atoms with Crippen LogP contribution in [0.5, 0.6) is 0 Å². The largest absolute Gasteiger partial charge is 0.619 e. The van der Waals surface area contributed by atoms with Crippen molar-refractivity contribution in [2.75, 3.05) is 7.11 Å². The number of methoxy groups -OCH3 is 1. The number of aromatic nitrogens is 1. The molecule has 0 fully saturated rings. The highest BCUT2D eigenvalue weighted by atomic mass is 16.5. The molecule has 3 heterocycles. The Kier molecular flexibility index (Phi) is 5.58. The first-order chi connectivity index (χ1) is 11.5. The van der Waals surface area contributed by atoms with Gasteiger partial charge in [0, 0.05) is 30.1 Å². The molecule has 1 aromatic rings. The van der Waals surface area contributed by atoms with Crippen molar-refractivity contribution in [3.63, 3.8) is 0 Å². The molecule has 1 aromatic heterocycles. The molecule has 24 heavy (non-hydrogen) atoms. The zero-order valence-corrected chi connectivity index (χ0v) is 13.2. The van der Waals surface area contributed by atoms with Crippen LogP contribution in [0.4, 0.5) is 0 Å². The average molecular weight is 328 g/mol. The fourth-order valence-electron chi connectivity index (χ4n) is 1.79. The molecule has 0 aromatic carbocycles. The van der Waals surface area contributed by atoms with Crippen molar-refractivity contribution >= 4 is 5.97 Å². The fraction of sp³-hybridized carbons (Fsp3) is 0.125. The van der Waals surface area contributed by atoms with Gasteiger partial charge in [-0.2, -0.15) is 15.0 Å². The highest BCUT2D eigenvalue weighted by Gasteiger charge is 2.07. The van der Waals surface area contributed by atoms with E-state index in [-0.39, 0.29) is 0 Å². The summed E-state index contributed by atoms with van der Waals surface area (Å²) in [6.45, 7) is 1.89. The molecule has 124 valence electrons. The minimum absolute atomic E-state index is 0.375. The standard InChI is InChI=1S/C9H9N3O.C7H7NO3/c1-7-6-9(11-10-7)8-2-4-12(13)5-3-8;1-11-7(9)6-2-4-8(10)5-3-6/h2-6,13H,1H3;2-5H,1H3. The SMILES string of the molecule is CC1=CC(=C2C=CN(O)C=C2)N=N1.COC(=O)c1cc[n+]([O-])cc1. The van der Waals surface area contributed by atoms with Crippen LogP contribution in [-0.4, -0.2) is 23.3 Å². The van der Waals surface area contributed by atoms with Crippen molar-refractivity contribution in [2.24, 2.45) is 10.2 Å². The Morgan fingerprint density at radius 1 is 1.25 bits per heavy atom. The van der Waals surface area contributed by atoms with Gasteiger partial charge in [-0.1, -0.05) is 0 Å². The minimum atomic E-state index is -0.439. The third-order valence-corrected chi connectivity index (χ3v) is 2.99. The van der Waals surface area contributed by atoms with Gasteiger partial charge in [0.1, 0.15) is 0 Å². The van der Waals surface area contributed by atoms with E-state index in [9.17, 15) is 10.0 Å². The number of nitrogens with zero attached hydrogens (tertiary/aromatic N) is 4. The lowest BCUT2D eigenvalue weighted by molar-refractivity contribution is -0.605. The first-order valence-corrected chi connectivity index (χ1v) is 6.94. The van der Waals surface area contributed by atoms with Crippen molar-refractivity contribution < 1.29 is 19.5 Å². The lowest BCUT2D eigenvalue weighted by atomic mass is 10.1. The number of ether oxygens (including phenoxy) is 1. The Morgan fingerprint density at radius 2 is 1.88 bits per heavy atom. The van der Waals surface area contributed by atoms with Crippen molar-refractivity contribution in [3.05, 3.63) is 82.9 Å². The molecule has 2 aliphatic rings. The first kappa shape index (κ1) is 17.1. The zero-order valence-electron chi connectivity index (χ0n) is 13.2. The number of hydrogen-bond donors (Lipinski definition) is 1. The summed E-state index contributed by atoms with van der Waals surface area (Å²) in [4.78, 5) is 10.8. The fourth-order valence-corrected chi connectivity index (χ4v) is 1.79. The maximum atomic E-state index is 10.8. The first-order valence-electron chi connectivity index (χ1n) is 6.94. The van der Waals surface area contributed by atoms with Gasteiger partial charge in [-0.15, -0.1) is 0 Å². The molecule has 0 unspecified atom stereocenters. The number of hydroxylamine groups is 2. The van der Waals surface area contributed by atoms with E-state index in [0.717, 1.165) is 22.0 Å². The molecule has 8 nitrogen and oxygen atoms in total. The number of carbonyl (C=O) groups is 1. The molecule has 8 heteroatoms. The summed E-state index contributed by atoms with van der Waals surface area (Å²) in [5.74, 6) is -0.439. The summed E-state index contributed by atoms with van der Waals surface area (Å²) in [7, 11) is 1.29. The number of carbonyl (C=O) groups excluding carboxylic acids is 1. The number of allylic oxidation sites excluding steroid dienone is 5. The second-order valence-electron chi connectivity index (χ2n) is 4.78. The van der Waals surface area contributed by atoms with Crippen molar-refractivity contribution in [3.8, 4) is 0 Å². The summed E-state index contributed by atoms with van der Waals surface area (Å²) >= 11 is 0. The highest BCUT2D eigenvalue weighted by Crippen LogP contribution is 2.22. The second kappa shape index (κ2) is 7.84. The predicted molar refractivity (Wildman–Crippen MR) is 84.3 cm³/mol. The normalized spacial score (nSPS) is 15.1. The summed E-state index contributed by atoms with van der Waals surface area (Å²) in [6, 6.07) is 2.80. The summed E-state index contributed by atoms with van der Waals surface area (Å²) in [6.07, 6.45) is 11.1. The maximum absolute atomic E-state index is 10.8. The van der Waals surface area contributed by atoms with E-state index < -0.39 is 5.97 Å². The summed E-state index contributed by atoms with van der Waals surface area (Å²) in [5, 5.41) is 28.4. The van der Waals surface area contributed by atoms with Gasteiger partial charge in [0.05, 0.1) is 24.1 Å². The van der Waals surface area contributed by atoms with Crippen molar-refractivity contribution in [2.45, 2.75) is 6.92 Å². The topological polar surface area (TPSA) is 101 Å². The van der Waals surface area contributed by atoms with Crippen LogP contribution in [0.25, 0.3) is 0 Å². The van der Waals surface area contributed by atoms with E-state index in [0.29, 0.717) is 10.3 Å². The molecule has 3 rings (SSSR count). The van der Waals surface area contributed by atoms with Crippen LogP contribution in [0, 0.1) is 5.21 Å². The molecule has 0 radical (unpaired) electrons. The zero-order chi connectivity index (χ0) is 17.5. The van der Waals surface area contributed by atoms with Crippen LogP contribution in [0.15, 0.2) is 82.4 Å². The minimum Gasteiger partial charge on any atom is -0.619 e. The Bertz CT molecular complexity index is 745. The average Bonchev–Trinajstić information content (AvgIpc) is 3.02. The van der Waals surface area contributed by atoms with E-state index in [1.165, 1.54) is 31.6 Å².